The van der Waals surface area contributed by atoms with Crippen LogP contribution in [-0.2, 0) is 0 Å². The molecule has 2 aromatic carbocycles. The average Bonchev–Trinajstić information content (AvgIpc) is 2.44. The summed E-state index contributed by atoms with van der Waals surface area (Å²) in [6, 6.07) is 11.7. The number of ether oxygens (including phenoxy) is 2. The van der Waals surface area contributed by atoms with Gasteiger partial charge in [-0.2, -0.15) is 0 Å². The van der Waals surface area contributed by atoms with E-state index >= 15 is 0 Å². The molecule has 0 spiro atoms. The molecule has 0 unspecified atom stereocenters. The van der Waals surface area contributed by atoms with E-state index in [0.29, 0.717) is 36.8 Å². The highest BCUT2D eigenvalue weighted by atomic mass is 79.9. The van der Waals surface area contributed by atoms with Crippen molar-refractivity contribution >= 4 is 21.6 Å². The second-order valence-electron chi connectivity index (χ2n) is 4.16. The average molecular weight is 340 g/mol. The van der Waals surface area contributed by atoms with Crippen LogP contribution < -0.4 is 15.2 Å². The monoisotopic (exact) mass is 339 g/mol. The van der Waals surface area contributed by atoms with Crippen molar-refractivity contribution in [3.63, 3.8) is 0 Å². The van der Waals surface area contributed by atoms with E-state index in [0.717, 1.165) is 4.47 Å². The highest BCUT2D eigenvalue weighted by Crippen LogP contribution is 2.25. The molecule has 0 aromatic heterocycles. The minimum atomic E-state index is -0.323. The fraction of sp³-hybridized carbons (Fsp3) is 0.200. The molecule has 2 aromatic rings. The van der Waals surface area contributed by atoms with Crippen LogP contribution in [0.1, 0.15) is 6.42 Å². The number of nitrogen functional groups attached to an aromatic ring is 1. The third-order valence-corrected chi connectivity index (χ3v) is 3.27. The number of para-hydroxylation sites is 2. The number of rotatable bonds is 6. The molecule has 0 aliphatic rings. The molecule has 0 saturated carbocycles. The van der Waals surface area contributed by atoms with Crippen LogP contribution in [-0.4, -0.2) is 13.2 Å². The SMILES string of the molecule is Nc1ccccc1OCCCOc1cc(F)ccc1Br. The van der Waals surface area contributed by atoms with Gasteiger partial charge in [-0.3, -0.25) is 0 Å². The van der Waals surface area contributed by atoms with E-state index in [9.17, 15) is 4.39 Å². The zero-order valence-corrected chi connectivity index (χ0v) is 12.4. The Balaban J connectivity index is 1.74. The first kappa shape index (κ1) is 14.7. The topological polar surface area (TPSA) is 44.5 Å². The summed E-state index contributed by atoms with van der Waals surface area (Å²) in [5, 5.41) is 0. The Morgan fingerprint density at radius 3 is 2.45 bits per heavy atom. The third-order valence-electron chi connectivity index (χ3n) is 2.62. The molecule has 0 radical (unpaired) electrons. The first-order chi connectivity index (χ1) is 9.66. The maximum Gasteiger partial charge on any atom is 0.142 e. The molecule has 20 heavy (non-hydrogen) atoms. The molecular formula is C15H15BrFNO2. The Morgan fingerprint density at radius 2 is 1.70 bits per heavy atom. The van der Waals surface area contributed by atoms with Gasteiger partial charge in [0.05, 0.1) is 23.4 Å². The van der Waals surface area contributed by atoms with Crippen molar-refractivity contribution in [3.05, 3.63) is 52.8 Å². The van der Waals surface area contributed by atoms with E-state index in [1.165, 1.54) is 12.1 Å². The summed E-state index contributed by atoms with van der Waals surface area (Å²) in [4.78, 5) is 0. The van der Waals surface area contributed by atoms with Gasteiger partial charge in [0.25, 0.3) is 0 Å². The molecule has 0 saturated heterocycles. The first-order valence-electron chi connectivity index (χ1n) is 6.22. The third kappa shape index (κ3) is 4.13. The minimum absolute atomic E-state index is 0.323. The lowest BCUT2D eigenvalue weighted by atomic mass is 10.3. The number of benzene rings is 2. The largest absolute Gasteiger partial charge is 0.492 e. The molecule has 2 N–H and O–H groups in total. The molecule has 0 atom stereocenters. The standard InChI is InChI=1S/C15H15BrFNO2/c16-12-7-6-11(17)10-15(12)20-9-3-8-19-14-5-2-1-4-13(14)18/h1-2,4-7,10H,3,8-9,18H2. The highest BCUT2D eigenvalue weighted by Gasteiger charge is 2.03. The minimum Gasteiger partial charge on any atom is -0.492 e. The quantitative estimate of drug-likeness (QED) is 0.638. The van der Waals surface area contributed by atoms with E-state index in [2.05, 4.69) is 15.9 Å². The van der Waals surface area contributed by atoms with Gasteiger partial charge in [0.1, 0.15) is 17.3 Å². The van der Waals surface area contributed by atoms with Gasteiger partial charge >= 0.3 is 0 Å². The predicted molar refractivity (Wildman–Crippen MR) is 80.6 cm³/mol. The van der Waals surface area contributed by atoms with Crippen molar-refractivity contribution in [2.45, 2.75) is 6.42 Å². The second kappa shape index (κ2) is 7.14. The Kier molecular flexibility index (Phi) is 5.24. The molecular weight excluding hydrogens is 325 g/mol. The normalized spacial score (nSPS) is 10.3. The number of anilines is 1. The van der Waals surface area contributed by atoms with Crippen LogP contribution in [0.25, 0.3) is 0 Å². The lowest BCUT2D eigenvalue weighted by Gasteiger charge is -2.10. The van der Waals surface area contributed by atoms with Crippen LogP contribution in [0.4, 0.5) is 10.1 Å². The van der Waals surface area contributed by atoms with E-state index in [4.69, 9.17) is 15.2 Å². The lowest BCUT2D eigenvalue weighted by Crippen LogP contribution is -2.06. The molecule has 2 rings (SSSR count). The fourth-order valence-corrected chi connectivity index (χ4v) is 1.98. The van der Waals surface area contributed by atoms with Crippen molar-refractivity contribution in [3.8, 4) is 11.5 Å². The summed E-state index contributed by atoms with van der Waals surface area (Å²) >= 11 is 3.31. The van der Waals surface area contributed by atoms with E-state index in [1.807, 2.05) is 18.2 Å². The fourth-order valence-electron chi connectivity index (χ4n) is 1.62. The molecule has 0 amide bonds. The smallest absolute Gasteiger partial charge is 0.142 e. The number of hydrogen-bond donors (Lipinski definition) is 1. The second-order valence-corrected chi connectivity index (χ2v) is 5.02. The first-order valence-corrected chi connectivity index (χ1v) is 7.01. The summed E-state index contributed by atoms with van der Waals surface area (Å²) in [5.74, 6) is 0.833. The summed E-state index contributed by atoms with van der Waals surface area (Å²) in [6.45, 7) is 0.927. The summed E-state index contributed by atoms with van der Waals surface area (Å²) in [6.07, 6.45) is 0.678. The Bertz CT molecular complexity index is 578. The van der Waals surface area contributed by atoms with Crippen LogP contribution in [0.5, 0.6) is 11.5 Å². The highest BCUT2D eigenvalue weighted by molar-refractivity contribution is 9.10. The van der Waals surface area contributed by atoms with E-state index in [1.54, 1.807) is 12.1 Å². The van der Waals surface area contributed by atoms with Gasteiger partial charge < -0.3 is 15.2 Å². The van der Waals surface area contributed by atoms with Gasteiger partial charge in [-0.05, 0) is 40.2 Å². The van der Waals surface area contributed by atoms with Gasteiger partial charge in [0.15, 0.2) is 0 Å². The molecule has 106 valence electrons. The molecule has 0 aliphatic heterocycles. The number of hydrogen-bond acceptors (Lipinski definition) is 3. The maximum atomic E-state index is 13.0. The van der Waals surface area contributed by atoms with Gasteiger partial charge in [0.2, 0.25) is 0 Å². The van der Waals surface area contributed by atoms with Gasteiger partial charge in [0, 0.05) is 12.5 Å². The van der Waals surface area contributed by atoms with Crippen molar-refractivity contribution in [2.24, 2.45) is 0 Å². The predicted octanol–water partition coefficient (Wildman–Crippen LogP) is 4.02. The number of nitrogens with two attached hydrogens (primary N) is 1. The van der Waals surface area contributed by atoms with Crippen molar-refractivity contribution in [2.75, 3.05) is 18.9 Å². The summed E-state index contributed by atoms with van der Waals surface area (Å²) in [7, 11) is 0. The van der Waals surface area contributed by atoms with Gasteiger partial charge in [-0.25, -0.2) is 4.39 Å². The molecule has 0 aliphatic carbocycles. The Morgan fingerprint density at radius 1 is 1.00 bits per heavy atom. The Hall–Kier alpha value is -1.75. The van der Waals surface area contributed by atoms with Crippen LogP contribution in [0.2, 0.25) is 0 Å². The van der Waals surface area contributed by atoms with Crippen LogP contribution in [0, 0.1) is 5.82 Å². The lowest BCUT2D eigenvalue weighted by molar-refractivity contribution is 0.247. The molecule has 0 fully saturated rings. The van der Waals surface area contributed by atoms with Crippen LogP contribution in [0.15, 0.2) is 46.9 Å². The van der Waals surface area contributed by atoms with Crippen LogP contribution >= 0.6 is 15.9 Å². The van der Waals surface area contributed by atoms with Crippen molar-refractivity contribution in [1.29, 1.82) is 0 Å². The molecule has 3 nitrogen and oxygen atoms in total. The summed E-state index contributed by atoms with van der Waals surface area (Å²) < 4.78 is 24.8. The van der Waals surface area contributed by atoms with Crippen molar-refractivity contribution < 1.29 is 13.9 Å². The van der Waals surface area contributed by atoms with Gasteiger partial charge in [-0.1, -0.05) is 12.1 Å². The molecule has 0 heterocycles. The van der Waals surface area contributed by atoms with Crippen molar-refractivity contribution in [1.82, 2.24) is 0 Å². The zero-order chi connectivity index (χ0) is 14.4. The molecule has 5 heteroatoms. The zero-order valence-electron chi connectivity index (χ0n) is 10.8. The van der Waals surface area contributed by atoms with Crippen LogP contribution in [0.3, 0.4) is 0 Å². The van der Waals surface area contributed by atoms with Gasteiger partial charge in [-0.15, -0.1) is 0 Å². The van der Waals surface area contributed by atoms with E-state index < -0.39 is 0 Å². The van der Waals surface area contributed by atoms with E-state index in [-0.39, 0.29) is 5.82 Å². The molecule has 0 bridgehead atoms. The summed E-state index contributed by atoms with van der Waals surface area (Å²) in [5.41, 5.74) is 6.37. The number of halogens is 2. The maximum absolute atomic E-state index is 13.0. The Labute approximate surface area is 125 Å².